The van der Waals surface area contributed by atoms with Gasteiger partial charge >= 0.3 is 0 Å². The summed E-state index contributed by atoms with van der Waals surface area (Å²) >= 11 is 0. The van der Waals surface area contributed by atoms with Crippen LogP contribution in [0, 0.1) is 5.92 Å². The van der Waals surface area contributed by atoms with Crippen molar-refractivity contribution in [1.82, 2.24) is 15.1 Å². The van der Waals surface area contributed by atoms with Gasteiger partial charge < -0.3 is 15.4 Å². The molecular weight excluding hydrogens is 220 g/mol. The van der Waals surface area contributed by atoms with E-state index in [9.17, 15) is 4.79 Å². The Hall–Kier alpha value is -1.56. The molecule has 94 valence electrons. The first-order valence-corrected chi connectivity index (χ1v) is 5.81. The molecule has 6 nitrogen and oxygen atoms in total. The van der Waals surface area contributed by atoms with Gasteiger partial charge in [0.1, 0.15) is 11.5 Å². The van der Waals surface area contributed by atoms with Crippen molar-refractivity contribution in [3.05, 3.63) is 11.8 Å². The van der Waals surface area contributed by atoms with E-state index in [0.29, 0.717) is 17.4 Å². The highest BCUT2D eigenvalue weighted by atomic mass is 16.5. The summed E-state index contributed by atoms with van der Waals surface area (Å²) in [7, 11) is 1.80. The Balaban J connectivity index is 1.90. The van der Waals surface area contributed by atoms with Crippen LogP contribution < -0.4 is 5.73 Å². The van der Waals surface area contributed by atoms with Crippen LogP contribution in [-0.4, -0.2) is 47.8 Å². The van der Waals surface area contributed by atoms with Crippen LogP contribution in [0.15, 0.2) is 6.07 Å². The molecule has 2 heterocycles. The number of ether oxygens (including phenoxy) is 1. The van der Waals surface area contributed by atoms with Crippen molar-refractivity contribution in [1.29, 1.82) is 0 Å². The Labute approximate surface area is 100 Å². The number of amides is 1. The largest absolute Gasteiger partial charge is 0.382 e. The third kappa shape index (κ3) is 2.97. The number of rotatable bonds is 3. The number of H-pyrrole nitrogens is 1. The minimum atomic E-state index is -0.0688. The van der Waals surface area contributed by atoms with E-state index in [-0.39, 0.29) is 5.91 Å². The quantitative estimate of drug-likeness (QED) is 0.802. The van der Waals surface area contributed by atoms with E-state index in [1.807, 2.05) is 0 Å². The summed E-state index contributed by atoms with van der Waals surface area (Å²) in [5.74, 6) is 0.798. The van der Waals surface area contributed by atoms with Crippen molar-refractivity contribution >= 4 is 11.7 Å². The zero-order valence-corrected chi connectivity index (χ0v) is 9.98. The molecule has 17 heavy (non-hydrogen) atoms. The van der Waals surface area contributed by atoms with Crippen LogP contribution in [0.25, 0.3) is 0 Å². The maximum Gasteiger partial charge on any atom is 0.271 e. The van der Waals surface area contributed by atoms with Gasteiger partial charge in [-0.3, -0.25) is 9.89 Å². The number of nitrogens with zero attached hydrogens (tertiary/aromatic N) is 2. The second-order valence-electron chi connectivity index (χ2n) is 4.45. The normalized spacial score (nSPS) is 17.0. The lowest BCUT2D eigenvalue weighted by atomic mass is 10.00. The lowest BCUT2D eigenvalue weighted by molar-refractivity contribution is 0.0495. The summed E-state index contributed by atoms with van der Waals surface area (Å²) in [5.41, 5.74) is 5.91. The number of anilines is 1. The molecule has 1 aromatic rings. The Morgan fingerprint density at radius 2 is 2.35 bits per heavy atom. The molecule has 3 N–H and O–H groups in total. The fraction of sp³-hybridized carbons (Fsp3) is 0.636. The fourth-order valence-corrected chi connectivity index (χ4v) is 2.05. The highest BCUT2D eigenvalue weighted by Crippen LogP contribution is 2.16. The first-order chi connectivity index (χ1) is 8.16. The van der Waals surface area contributed by atoms with Crippen molar-refractivity contribution in [2.24, 2.45) is 5.92 Å². The van der Waals surface area contributed by atoms with Gasteiger partial charge in [0, 0.05) is 32.9 Å². The van der Waals surface area contributed by atoms with Gasteiger partial charge in [-0.15, -0.1) is 0 Å². The average Bonchev–Trinajstić information content (AvgIpc) is 2.76. The van der Waals surface area contributed by atoms with Crippen LogP contribution in [-0.2, 0) is 4.74 Å². The third-order valence-corrected chi connectivity index (χ3v) is 3.05. The molecule has 0 unspecified atom stereocenters. The lowest BCUT2D eigenvalue weighted by Gasteiger charge is -2.26. The van der Waals surface area contributed by atoms with Gasteiger partial charge in [-0.05, 0) is 18.8 Å². The summed E-state index contributed by atoms with van der Waals surface area (Å²) < 4.78 is 5.29. The molecule has 1 aliphatic rings. The van der Waals surface area contributed by atoms with Crippen molar-refractivity contribution in [2.45, 2.75) is 12.8 Å². The summed E-state index contributed by atoms with van der Waals surface area (Å²) in [6.07, 6.45) is 2.03. The van der Waals surface area contributed by atoms with Gasteiger partial charge in [0.15, 0.2) is 0 Å². The average molecular weight is 238 g/mol. The number of carbonyl (C=O) groups is 1. The number of nitrogen functional groups attached to an aromatic ring is 1. The molecule has 1 aliphatic heterocycles. The summed E-state index contributed by atoms with van der Waals surface area (Å²) in [6, 6.07) is 1.56. The number of hydrogen-bond acceptors (Lipinski definition) is 4. The van der Waals surface area contributed by atoms with E-state index in [2.05, 4.69) is 10.2 Å². The van der Waals surface area contributed by atoms with Crippen LogP contribution in [0.4, 0.5) is 5.82 Å². The Morgan fingerprint density at radius 1 is 1.65 bits per heavy atom. The van der Waals surface area contributed by atoms with Gasteiger partial charge in [-0.2, -0.15) is 5.10 Å². The highest BCUT2D eigenvalue weighted by molar-refractivity contribution is 5.92. The molecule has 2 rings (SSSR count). The van der Waals surface area contributed by atoms with Crippen LogP contribution in [0.3, 0.4) is 0 Å². The molecule has 0 atom stereocenters. The molecule has 1 amide bonds. The molecule has 6 heteroatoms. The number of nitrogens with two attached hydrogens (primary N) is 1. The van der Waals surface area contributed by atoms with Crippen LogP contribution in [0.1, 0.15) is 23.3 Å². The Bertz CT molecular complexity index is 385. The minimum Gasteiger partial charge on any atom is -0.382 e. The smallest absolute Gasteiger partial charge is 0.271 e. The molecule has 1 fully saturated rings. The number of carbonyl (C=O) groups excluding carboxylic acids is 1. The van der Waals surface area contributed by atoms with Crippen LogP contribution in [0.5, 0.6) is 0 Å². The van der Waals surface area contributed by atoms with Gasteiger partial charge in [-0.25, -0.2) is 0 Å². The predicted molar refractivity (Wildman–Crippen MR) is 63.5 cm³/mol. The monoisotopic (exact) mass is 238 g/mol. The summed E-state index contributed by atoms with van der Waals surface area (Å²) in [6.45, 7) is 2.34. The molecule has 0 bridgehead atoms. The zero-order valence-electron chi connectivity index (χ0n) is 9.98. The molecule has 0 radical (unpaired) electrons. The van der Waals surface area contributed by atoms with Crippen LogP contribution >= 0.6 is 0 Å². The predicted octanol–water partition coefficient (Wildman–Crippen LogP) is 0.491. The number of aromatic nitrogens is 2. The van der Waals surface area contributed by atoms with Gasteiger partial charge in [0.2, 0.25) is 0 Å². The third-order valence-electron chi connectivity index (χ3n) is 3.05. The topological polar surface area (TPSA) is 84.2 Å². The Morgan fingerprint density at radius 3 is 2.94 bits per heavy atom. The van der Waals surface area contributed by atoms with Crippen LogP contribution in [0.2, 0.25) is 0 Å². The lowest BCUT2D eigenvalue weighted by Crippen LogP contribution is -2.34. The van der Waals surface area contributed by atoms with Crippen molar-refractivity contribution in [2.75, 3.05) is 32.5 Å². The van der Waals surface area contributed by atoms with E-state index >= 15 is 0 Å². The first-order valence-electron chi connectivity index (χ1n) is 5.81. The zero-order chi connectivity index (χ0) is 12.3. The van der Waals surface area contributed by atoms with E-state index in [1.54, 1.807) is 18.0 Å². The fourth-order valence-electron chi connectivity index (χ4n) is 2.05. The standard InChI is InChI=1S/C11H18N4O2/c1-15(7-8-2-4-17-5-3-8)11(16)9-6-10(12)14-13-9/h6,8H,2-5,7H2,1H3,(H3,12,13,14). The summed E-state index contributed by atoms with van der Waals surface area (Å²) in [4.78, 5) is 13.7. The highest BCUT2D eigenvalue weighted by Gasteiger charge is 2.20. The van der Waals surface area contributed by atoms with E-state index in [4.69, 9.17) is 10.5 Å². The SMILES string of the molecule is CN(CC1CCOCC1)C(=O)c1cc(N)n[nH]1. The molecule has 1 aromatic heterocycles. The van der Waals surface area contributed by atoms with E-state index in [0.717, 1.165) is 32.6 Å². The number of aromatic amines is 1. The molecule has 0 aromatic carbocycles. The van der Waals surface area contributed by atoms with Crippen molar-refractivity contribution in [3.8, 4) is 0 Å². The van der Waals surface area contributed by atoms with Gasteiger partial charge in [-0.1, -0.05) is 0 Å². The van der Waals surface area contributed by atoms with Gasteiger partial charge in [0.05, 0.1) is 0 Å². The minimum absolute atomic E-state index is 0.0688. The molecule has 1 saturated heterocycles. The number of nitrogens with one attached hydrogen (secondary N) is 1. The maximum atomic E-state index is 12.0. The molecule has 0 spiro atoms. The molecular formula is C11H18N4O2. The van der Waals surface area contributed by atoms with E-state index in [1.165, 1.54) is 0 Å². The first kappa shape index (κ1) is 11.9. The van der Waals surface area contributed by atoms with Crippen molar-refractivity contribution in [3.63, 3.8) is 0 Å². The maximum absolute atomic E-state index is 12.0. The van der Waals surface area contributed by atoms with Gasteiger partial charge in [0.25, 0.3) is 5.91 Å². The van der Waals surface area contributed by atoms with Crippen molar-refractivity contribution < 1.29 is 9.53 Å². The summed E-state index contributed by atoms with van der Waals surface area (Å²) in [5, 5.41) is 6.38. The molecule has 0 aliphatic carbocycles. The van der Waals surface area contributed by atoms with E-state index < -0.39 is 0 Å². The Kier molecular flexibility index (Phi) is 3.63. The molecule has 0 saturated carbocycles. The number of hydrogen-bond donors (Lipinski definition) is 2. The second kappa shape index (κ2) is 5.18. The second-order valence-corrected chi connectivity index (χ2v) is 4.45.